The molecule has 116 valence electrons. The average Bonchev–Trinajstić information content (AvgIpc) is 3.23. The summed E-state index contributed by atoms with van der Waals surface area (Å²) in [6.07, 6.45) is -0.704. The maximum atomic E-state index is 12.7. The monoisotopic (exact) mass is 300 g/mol. The van der Waals surface area contributed by atoms with Crippen molar-refractivity contribution in [3.8, 4) is 0 Å². The highest BCUT2D eigenvalue weighted by molar-refractivity contribution is 5.67. The summed E-state index contributed by atoms with van der Waals surface area (Å²) in [5.74, 6) is 0.833. The molecule has 0 bridgehead atoms. The largest absolute Gasteiger partial charge is 0.433 e. The molecule has 0 atom stereocenters. The molecule has 1 saturated heterocycles. The van der Waals surface area contributed by atoms with Crippen LogP contribution < -0.4 is 10.6 Å². The molecule has 2 N–H and O–H groups in total. The quantitative estimate of drug-likeness (QED) is 0.929. The topological polar surface area (TPSA) is 45.4 Å². The summed E-state index contributed by atoms with van der Waals surface area (Å²) in [6, 6.07) is 1.06. The van der Waals surface area contributed by atoms with Crippen molar-refractivity contribution in [3.05, 3.63) is 18.0 Å². The van der Waals surface area contributed by atoms with Gasteiger partial charge >= 0.3 is 6.18 Å². The lowest BCUT2D eigenvalue weighted by atomic mass is 10.2. The minimum atomic E-state index is -4.43. The zero-order chi connectivity index (χ0) is 15.0. The van der Waals surface area contributed by atoms with E-state index >= 15 is 0 Å². The van der Waals surface area contributed by atoms with Crippen molar-refractivity contribution in [1.29, 1.82) is 0 Å². The van der Waals surface area contributed by atoms with Crippen LogP contribution in [0.2, 0.25) is 0 Å². The number of alkyl halides is 3. The molecule has 4 nitrogen and oxygen atoms in total. The second kappa shape index (κ2) is 5.36. The van der Waals surface area contributed by atoms with E-state index in [0.29, 0.717) is 24.5 Å². The van der Waals surface area contributed by atoms with Gasteiger partial charge in [-0.1, -0.05) is 0 Å². The Morgan fingerprint density at radius 3 is 2.43 bits per heavy atom. The molecule has 21 heavy (non-hydrogen) atoms. The van der Waals surface area contributed by atoms with E-state index in [4.69, 9.17) is 5.73 Å². The van der Waals surface area contributed by atoms with Crippen LogP contribution in [0.25, 0.3) is 0 Å². The molecule has 0 radical (unpaired) electrons. The van der Waals surface area contributed by atoms with E-state index in [9.17, 15) is 13.2 Å². The van der Waals surface area contributed by atoms with Crippen LogP contribution in [0.15, 0.2) is 12.3 Å². The first kappa shape index (κ1) is 14.4. The van der Waals surface area contributed by atoms with Crippen molar-refractivity contribution in [2.45, 2.75) is 19.0 Å². The van der Waals surface area contributed by atoms with E-state index in [1.165, 1.54) is 12.8 Å². The van der Waals surface area contributed by atoms with Gasteiger partial charge in [0, 0.05) is 32.7 Å². The number of nitrogen functional groups attached to an aromatic ring is 1. The van der Waals surface area contributed by atoms with Crippen molar-refractivity contribution in [3.63, 3.8) is 0 Å². The fourth-order valence-corrected chi connectivity index (χ4v) is 2.72. The lowest BCUT2D eigenvalue weighted by Crippen LogP contribution is -2.47. The molecule has 2 fully saturated rings. The highest BCUT2D eigenvalue weighted by atomic mass is 19.4. The maximum absolute atomic E-state index is 12.7. The first-order valence-electron chi connectivity index (χ1n) is 7.23. The number of hydrogen-bond acceptors (Lipinski definition) is 4. The second-order valence-corrected chi connectivity index (χ2v) is 5.86. The highest BCUT2D eigenvalue weighted by Gasteiger charge is 2.34. The summed E-state index contributed by atoms with van der Waals surface area (Å²) >= 11 is 0. The van der Waals surface area contributed by atoms with E-state index in [1.54, 1.807) is 0 Å². The lowest BCUT2D eigenvalue weighted by Gasteiger charge is -2.36. The Balaban J connectivity index is 1.69. The van der Waals surface area contributed by atoms with Crippen LogP contribution in [-0.4, -0.2) is 42.6 Å². The molecular weight excluding hydrogens is 281 g/mol. The summed E-state index contributed by atoms with van der Waals surface area (Å²) in [5, 5.41) is 0. The number of pyridine rings is 1. The van der Waals surface area contributed by atoms with Crippen molar-refractivity contribution in [1.82, 2.24) is 9.88 Å². The molecule has 1 aliphatic heterocycles. The molecule has 0 unspecified atom stereocenters. The molecule has 1 aliphatic carbocycles. The minimum Gasteiger partial charge on any atom is -0.396 e. The number of piperazine rings is 1. The Bertz CT molecular complexity index is 505. The summed E-state index contributed by atoms with van der Waals surface area (Å²) in [5.41, 5.74) is 5.67. The number of aromatic nitrogens is 1. The smallest absolute Gasteiger partial charge is 0.396 e. The van der Waals surface area contributed by atoms with Crippen molar-refractivity contribution < 1.29 is 13.2 Å². The Hall–Kier alpha value is -1.50. The third-order valence-electron chi connectivity index (χ3n) is 4.13. The number of halogens is 3. The fourth-order valence-electron chi connectivity index (χ4n) is 2.72. The fraction of sp³-hybridized carbons (Fsp3) is 0.643. The maximum Gasteiger partial charge on any atom is 0.433 e. The molecule has 2 heterocycles. The zero-order valence-corrected chi connectivity index (χ0v) is 11.7. The molecule has 1 aromatic heterocycles. The summed E-state index contributed by atoms with van der Waals surface area (Å²) in [6.45, 7) is 4.28. The van der Waals surface area contributed by atoms with Gasteiger partial charge in [-0.3, -0.25) is 4.90 Å². The van der Waals surface area contributed by atoms with Gasteiger partial charge in [-0.15, -0.1) is 0 Å². The average molecular weight is 300 g/mol. The highest BCUT2D eigenvalue weighted by Crippen LogP contribution is 2.34. The van der Waals surface area contributed by atoms with Gasteiger partial charge in [-0.2, -0.15) is 13.2 Å². The Morgan fingerprint density at radius 2 is 1.86 bits per heavy atom. The first-order chi connectivity index (χ1) is 9.93. The number of rotatable bonds is 3. The summed E-state index contributed by atoms with van der Waals surface area (Å²) in [4.78, 5) is 7.69. The van der Waals surface area contributed by atoms with Crippen LogP contribution in [0.1, 0.15) is 18.5 Å². The van der Waals surface area contributed by atoms with Crippen LogP contribution in [0.5, 0.6) is 0 Å². The molecule has 0 amide bonds. The van der Waals surface area contributed by atoms with Crippen LogP contribution in [-0.2, 0) is 6.18 Å². The van der Waals surface area contributed by atoms with Crippen LogP contribution in [0, 0.1) is 5.92 Å². The van der Waals surface area contributed by atoms with Gasteiger partial charge in [0.15, 0.2) is 0 Å². The third kappa shape index (κ3) is 3.40. The van der Waals surface area contributed by atoms with E-state index < -0.39 is 11.9 Å². The number of anilines is 2. The zero-order valence-electron chi connectivity index (χ0n) is 11.7. The van der Waals surface area contributed by atoms with Gasteiger partial charge in [-0.25, -0.2) is 4.98 Å². The molecule has 7 heteroatoms. The van der Waals surface area contributed by atoms with Gasteiger partial charge < -0.3 is 10.6 Å². The van der Waals surface area contributed by atoms with Gasteiger partial charge in [0.1, 0.15) is 5.69 Å². The van der Waals surface area contributed by atoms with Crippen molar-refractivity contribution in [2.24, 2.45) is 5.92 Å². The van der Waals surface area contributed by atoms with Gasteiger partial charge in [-0.05, 0) is 24.8 Å². The standard InChI is InChI=1S/C14H19F3N4/c15-14(16,17)13-7-12(11(18)8-19-13)21-5-3-20(4-6-21)9-10-1-2-10/h7-8,10H,1-6,9,18H2. The van der Waals surface area contributed by atoms with E-state index in [1.807, 2.05) is 4.90 Å². The first-order valence-corrected chi connectivity index (χ1v) is 7.23. The molecular formula is C14H19F3N4. The third-order valence-corrected chi connectivity index (χ3v) is 4.13. The summed E-state index contributed by atoms with van der Waals surface area (Å²) < 4.78 is 38.2. The Labute approximate surface area is 121 Å². The molecule has 2 aliphatic rings. The van der Waals surface area contributed by atoms with E-state index in [0.717, 1.165) is 37.8 Å². The van der Waals surface area contributed by atoms with Crippen molar-refractivity contribution in [2.75, 3.05) is 43.4 Å². The SMILES string of the molecule is Nc1cnc(C(F)(F)F)cc1N1CCN(CC2CC2)CC1. The number of hydrogen-bond donors (Lipinski definition) is 1. The Morgan fingerprint density at radius 1 is 1.19 bits per heavy atom. The minimum absolute atomic E-state index is 0.304. The van der Waals surface area contributed by atoms with E-state index in [-0.39, 0.29) is 0 Å². The van der Waals surface area contributed by atoms with Crippen LogP contribution in [0.4, 0.5) is 24.5 Å². The Kier molecular flexibility index (Phi) is 3.69. The molecule has 1 saturated carbocycles. The molecule has 0 spiro atoms. The van der Waals surface area contributed by atoms with Gasteiger partial charge in [0.25, 0.3) is 0 Å². The van der Waals surface area contributed by atoms with Gasteiger partial charge in [0.2, 0.25) is 0 Å². The van der Waals surface area contributed by atoms with Gasteiger partial charge in [0.05, 0.1) is 17.6 Å². The number of nitrogens with two attached hydrogens (primary N) is 1. The lowest BCUT2D eigenvalue weighted by molar-refractivity contribution is -0.141. The second-order valence-electron chi connectivity index (χ2n) is 5.86. The number of nitrogens with zero attached hydrogens (tertiary/aromatic N) is 3. The predicted octanol–water partition coefficient (Wildman–Crippen LogP) is 2.21. The van der Waals surface area contributed by atoms with Crippen LogP contribution >= 0.6 is 0 Å². The normalized spacial score (nSPS) is 20.8. The van der Waals surface area contributed by atoms with E-state index in [2.05, 4.69) is 9.88 Å². The predicted molar refractivity (Wildman–Crippen MR) is 75.0 cm³/mol. The summed E-state index contributed by atoms with van der Waals surface area (Å²) in [7, 11) is 0. The van der Waals surface area contributed by atoms with Crippen LogP contribution in [0.3, 0.4) is 0 Å². The molecule has 1 aromatic rings. The van der Waals surface area contributed by atoms with Crippen molar-refractivity contribution >= 4 is 11.4 Å². The molecule has 0 aromatic carbocycles. The molecule has 3 rings (SSSR count).